The van der Waals surface area contributed by atoms with Crippen molar-refractivity contribution in [2.24, 2.45) is 11.3 Å². The lowest BCUT2D eigenvalue weighted by atomic mass is 9.89. The summed E-state index contributed by atoms with van der Waals surface area (Å²) in [4.78, 5) is 9.34. The smallest absolute Gasteiger partial charge is 0.0312 e. The molecule has 22 heavy (non-hydrogen) atoms. The van der Waals surface area contributed by atoms with E-state index in [0.717, 1.165) is 12.5 Å². The monoisotopic (exact) mass is 302 g/mol. The van der Waals surface area contributed by atoms with Gasteiger partial charge in [-0.3, -0.25) is 4.98 Å². The summed E-state index contributed by atoms with van der Waals surface area (Å²) in [6.45, 7) is 10.8. The van der Waals surface area contributed by atoms with Crippen molar-refractivity contribution in [1.29, 1.82) is 0 Å². The zero-order chi connectivity index (χ0) is 15.4. The number of likely N-dealkylation sites (tertiary alicyclic amines) is 1. The number of hydrogen-bond donors (Lipinski definition) is 1. The number of aromatic nitrogens is 1. The minimum absolute atomic E-state index is 0.497. The Bertz CT molecular complexity index is 455. The molecule has 2 aliphatic heterocycles. The minimum atomic E-state index is 0.497. The van der Waals surface area contributed by atoms with Gasteiger partial charge in [-0.25, -0.2) is 0 Å². The summed E-state index contributed by atoms with van der Waals surface area (Å²) in [6.07, 6.45) is 6.50. The van der Waals surface area contributed by atoms with Gasteiger partial charge >= 0.3 is 0 Å². The van der Waals surface area contributed by atoms with Gasteiger partial charge in [-0.15, -0.1) is 0 Å². The summed E-state index contributed by atoms with van der Waals surface area (Å²) in [6, 6.07) is 4.19. The second-order valence-corrected chi connectivity index (χ2v) is 7.69. The van der Waals surface area contributed by atoms with E-state index in [4.69, 9.17) is 0 Å². The van der Waals surface area contributed by atoms with Crippen molar-refractivity contribution < 1.29 is 0 Å². The van der Waals surface area contributed by atoms with Crippen molar-refractivity contribution in [3.63, 3.8) is 0 Å². The van der Waals surface area contributed by atoms with Gasteiger partial charge in [0.2, 0.25) is 0 Å². The molecule has 122 valence electrons. The molecule has 0 saturated carbocycles. The summed E-state index contributed by atoms with van der Waals surface area (Å²) >= 11 is 0. The quantitative estimate of drug-likeness (QED) is 0.869. The van der Waals surface area contributed by atoms with Crippen LogP contribution in [-0.4, -0.2) is 61.1 Å². The molecule has 1 aromatic heterocycles. The first-order valence-electron chi connectivity index (χ1n) is 8.63. The highest BCUT2D eigenvalue weighted by Gasteiger charge is 2.33. The van der Waals surface area contributed by atoms with Crippen LogP contribution in [0.1, 0.15) is 25.3 Å². The molecular formula is C18H30N4. The van der Waals surface area contributed by atoms with Gasteiger partial charge in [0.15, 0.2) is 0 Å². The third kappa shape index (κ3) is 4.28. The molecule has 1 aromatic rings. The molecule has 0 amide bonds. The van der Waals surface area contributed by atoms with Crippen LogP contribution in [0.25, 0.3) is 0 Å². The standard InChI is InChI=1S/C18H30N4/c1-18(6-8-20-14-18)15-22-9-5-17(13-22)12-21(2)11-16-4-3-7-19-10-16/h3-4,7,10,17,20H,5-6,8-9,11-15H2,1-2H3. The molecule has 0 bridgehead atoms. The highest BCUT2D eigenvalue weighted by atomic mass is 15.2. The van der Waals surface area contributed by atoms with Crippen molar-refractivity contribution in [2.45, 2.75) is 26.3 Å². The Kier molecular flexibility index (Phi) is 5.11. The van der Waals surface area contributed by atoms with Gasteiger partial charge in [0.25, 0.3) is 0 Å². The third-order valence-electron chi connectivity index (χ3n) is 5.18. The SMILES string of the molecule is CN(Cc1cccnc1)CC1CCN(CC2(C)CCNC2)C1. The van der Waals surface area contributed by atoms with Crippen LogP contribution in [0, 0.1) is 11.3 Å². The van der Waals surface area contributed by atoms with E-state index in [9.17, 15) is 0 Å². The van der Waals surface area contributed by atoms with Crippen LogP contribution in [0.5, 0.6) is 0 Å². The van der Waals surface area contributed by atoms with Crippen molar-refractivity contribution >= 4 is 0 Å². The molecule has 3 rings (SSSR count). The van der Waals surface area contributed by atoms with Crippen molar-refractivity contribution in [2.75, 3.05) is 46.3 Å². The fraction of sp³-hybridized carbons (Fsp3) is 0.722. The van der Waals surface area contributed by atoms with E-state index < -0.39 is 0 Å². The van der Waals surface area contributed by atoms with E-state index in [1.54, 1.807) is 0 Å². The predicted molar refractivity (Wildman–Crippen MR) is 90.7 cm³/mol. The molecule has 2 unspecified atom stereocenters. The van der Waals surface area contributed by atoms with E-state index in [2.05, 4.69) is 40.1 Å². The van der Waals surface area contributed by atoms with Gasteiger partial charge in [0.1, 0.15) is 0 Å². The van der Waals surface area contributed by atoms with E-state index in [1.165, 1.54) is 57.7 Å². The first kappa shape index (κ1) is 15.9. The second kappa shape index (κ2) is 7.07. The van der Waals surface area contributed by atoms with Crippen LogP contribution in [0.15, 0.2) is 24.5 Å². The Labute approximate surface area is 134 Å². The lowest BCUT2D eigenvalue weighted by molar-refractivity contribution is 0.195. The minimum Gasteiger partial charge on any atom is -0.316 e. The highest BCUT2D eigenvalue weighted by Crippen LogP contribution is 2.28. The summed E-state index contributed by atoms with van der Waals surface area (Å²) < 4.78 is 0. The molecule has 2 atom stereocenters. The van der Waals surface area contributed by atoms with Gasteiger partial charge in [0.05, 0.1) is 0 Å². The molecule has 0 radical (unpaired) electrons. The van der Waals surface area contributed by atoms with Crippen molar-refractivity contribution in [1.82, 2.24) is 20.1 Å². The van der Waals surface area contributed by atoms with Crippen LogP contribution in [0.3, 0.4) is 0 Å². The number of nitrogens with zero attached hydrogens (tertiary/aromatic N) is 3. The normalized spacial score (nSPS) is 29.5. The maximum atomic E-state index is 4.21. The van der Waals surface area contributed by atoms with Crippen molar-refractivity contribution in [3.8, 4) is 0 Å². The third-order valence-corrected chi connectivity index (χ3v) is 5.18. The predicted octanol–water partition coefficient (Wildman–Crippen LogP) is 1.83. The Balaban J connectivity index is 1.42. The number of rotatable bonds is 6. The van der Waals surface area contributed by atoms with Gasteiger partial charge in [-0.05, 0) is 55.9 Å². The van der Waals surface area contributed by atoms with Crippen LogP contribution >= 0.6 is 0 Å². The van der Waals surface area contributed by atoms with E-state index in [0.29, 0.717) is 5.41 Å². The summed E-state index contributed by atoms with van der Waals surface area (Å²) in [5.41, 5.74) is 1.81. The summed E-state index contributed by atoms with van der Waals surface area (Å²) in [7, 11) is 2.23. The largest absolute Gasteiger partial charge is 0.316 e. The fourth-order valence-corrected chi connectivity index (χ4v) is 4.06. The van der Waals surface area contributed by atoms with Gasteiger partial charge in [-0.1, -0.05) is 13.0 Å². The average Bonchev–Trinajstić information content (AvgIpc) is 3.10. The lowest BCUT2D eigenvalue weighted by Crippen LogP contribution is -2.37. The highest BCUT2D eigenvalue weighted by molar-refractivity contribution is 5.08. The second-order valence-electron chi connectivity index (χ2n) is 7.69. The molecule has 3 heterocycles. The zero-order valence-electron chi connectivity index (χ0n) is 14.1. The first-order valence-corrected chi connectivity index (χ1v) is 8.63. The molecule has 0 spiro atoms. The van der Waals surface area contributed by atoms with Crippen LogP contribution in [-0.2, 0) is 6.54 Å². The Morgan fingerprint density at radius 2 is 2.41 bits per heavy atom. The molecule has 4 heteroatoms. The van der Waals surface area contributed by atoms with Crippen LogP contribution in [0.2, 0.25) is 0 Å². The Morgan fingerprint density at radius 3 is 3.14 bits per heavy atom. The van der Waals surface area contributed by atoms with Crippen LogP contribution in [0.4, 0.5) is 0 Å². The Morgan fingerprint density at radius 1 is 1.50 bits per heavy atom. The molecule has 4 nitrogen and oxygen atoms in total. The first-order chi connectivity index (χ1) is 10.6. The average molecular weight is 302 g/mol. The van der Waals surface area contributed by atoms with Crippen molar-refractivity contribution in [3.05, 3.63) is 30.1 Å². The molecule has 0 aromatic carbocycles. The molecule has 2 fully saturated rings. The van der Waals surface area contributed by atoms with E-state index in [1.807, 2.05) is 18.5 Å². The van der Waals surface area contributed by atoms with Crippen LogP contribution < -0.4 is 5.32 Å². The van der Waals surface area contributed by atoms with E-state index >= 15 is 0 Å². The topological polar surface area (TPSA) is 31.4 Å². The molecule has 1 N–H and O–H groups in total. The molecule has 0 aliphatic carbocycles. The number of pyridine rings is 1. The van der Waals surface area contributed by atoms with Gasteiger partial charge < -0.3 is 15.1 Å². The lowest BCUT2D eigenvalue weighted by Gasteiger charge is -2.29. The zero-order valence-corrected chi connectivity index (χ0v) is 14.1. The van der Waals surface area contributed by atoms with Gasteiger partial charge in [0, 0.05) is 45.1 Å². The van der Waals surface area contributed by atoms with Gasteiger partial charge in [-0.2, -0.15) is 0 Å². The molecular weight excluding hydrogens is 272 g/mol. The fourth-order valence-electron chi connectivity index (χ4n) is 4.06. The maximum Gasteiger partial charge on any atom is 0.0312 e. The summed E-state index contributed by atoms with van der Waals surface area (Å²) in [5, 5.41) is 3.52. The molecule has 2 saturated heterocycles. The number of hydrogen-bond acceptors (Lipinski definition) is 4. The number of nitrogens with one attached hydrogen (secondary N) is 1. The Hall–Kier alpha value is -0.970. The maximum absolute atomic E-state index is 4.21. The van der Waals surface area contributed by atoms with E-state index in [-0.39, 0.29) is 0 Å². The summed E-state index contributed by atoms with van der Waals surface area (Å²) in [5.74, 6) is 0.819. The molecule has 2 aliphatic rings.